The summed E-state index contributed by atoms with van der Waals surface area (Å²) >= 11 is 0. The molecule has 3 aromatic rings. The van der Waals surface area contributed by atoms with E-state index in [0.717, 1.165) is 6.07 Å². The van der Waals surface area contributed by atoms with Crippen LogP contribution in [0.4, 0.5) is 4.39 Å². The molecule has 0 aliphatic rings. The predicted octanol–water partition coefficient (Wildman–Crippen LogP) is 3.75. The van der Waals surface area contributed by atoms with Gasteiger partial charge in [-0.3, -0.25) is 0 Å². The van der Waals surface area contributed by atoms with Crippen LogP contribution in [0.1, 0.15) is 15.9 Å². The topological polar surface area (TPSA) is 70.4 Å². The number of carbonyl (C=O) groups is 1. The van der Waals surface area contributed by atoms with Crippen molar-refractivity contribution in [1.29, 1.82) is 0 Å². The molecular weight excluding hydrogens is 285 g/mol. The fourth-order valence-electron chi connectivity index (χ4n) is 2.54. The van der Waals surface area contributed by atoms with Crippen molar-refractivity contribution in [2.75, 3.05) is 0 Å². The molecule has 0 saturated carbocycles. The molecule has 110 valence electrons. The zero-order chi connectivity index (χ0) is 15.9. The van der Waals surface area contributed by atoms with Crippen LogP contribution in [0.3, 0.4) is 0 Å². The Labute approximate surface area is 125 Å². The number of aromatic carboxylic acids is 1. The highest BCUT2D eigenvalue weighted by Crippen LogP contribution is 2.34. The molecule has 1 aromatic heterocycles. The minimum absolute atomic E-state index is 0.0101. The van der Waals surface area contributed by atoms with Crippen LogP contribution in [0.25, 0.3) is 22.2 Å². The van der Waals surface area contributed by atoms with Crippen molar-refractivity contribution in [1.82, 2.24) is 4.98 Å². The average Bonchev–Trinajstić information content (AvgIpc) is 2.47. The van der Waals surface area contributed by atoms with Gasteiger partial charge in [0.2, 0.25) is 0 Å². The van der Waals surface area contributed by atoms with Gasteiger partial charge in [0.05, 0.1) is 16.8 Å². The number of hydrogen-bond acceptors (Lipinski definition) is 3. The molecule has 0 unspecified atom stereocenters. The van der Waals surface area contributed by atoms with Gasteiger partial charge in [0.1, 0.15) is 11.6 Å². The largest absolute Gasteiger partial charge is 0.507 e. The van der Waals surface area contributed by atoms with E-state index in [1.165, 1.54) is 18.2 Å². The van der Waals surface area contributed by atoms with E-state index in [1.54, 1.807) is 25.1 Å². The Morgan fingerprint density at radius 3 is 2.59 bits per heavy atom. The molecule has 3 rings (SSSR count). The highest BCUT2D eigenvalue weighted by atomic mass is 19.1. The smallest absolute Gasteiger partial charge is 0.336 e. The van der Waals surface area contributed by atoms with E-state index < -0.39 is 11.8 Å². The number of aromatic nitrogens is 1. The van der Waals surface area contributed by atoms with Gasteiger partial charge in [0.15, 0.2) is 0 Å². The van der Waals surface area contributed by atoms with E-state index in [0.29, 0.717) is 22.3 Å². The molecule has 0 saturated heterocycles. The molecule has 2 aromatic carbocycles. The number of rotatable bonds is 2. The molecular formula is C17H12FNO3. The summed E-state index contributed by atoms with van der Waals surface area (Å²) in [4.78, 5) is 16.0. The molecule has 1 heterocycles. The highest BCUT2D eigenvalue weighted by Gasteiger charge is 2.20. The van der Waals surface area contributed by atoms with Gasteiger partial charge in [-0.15, -0.1) is 0 Å². The Morgan fingerprint density at radius 1 is 1.18 bits per heavy atom. The maximum absolute atomic E-state index is 13.4. The number of carboxylic acids is 1. The van der Waals surface area contributed by atoms with Crippen molar-refractivity contribution in [3.05, 3.63) is 59.4 Å². The van der Waals surface area contributed by atoms with Gasteiger partial charge < -0.3 is 10.2 Å². The summed E-state index contributed by atoms with van der Waals surface area (Å²) in [5, 5.41) is 19.7. The molecule has 0 aliphatic carbocycles. The first-order chi connectivity index (χ1) is 10.5. The lowest BCUT2D eigenvalue weighted by Crippen LogP contribution is -2.05. The molecule has 0 aliphatic heterocycles. The lowest BCUT2D eigenvalue weighted by atomic mass is 9.97. The second-order valence-corrected chi connectivity index (χ2v) is 4.94. The number of nitrogens with zero attached hydrogens (tertiary/aromatic N) is 1. The highest BCUT2D eigenvalue weighted by molar-refractivity contribution is 6.05. The molecule has 2 N–H and O–H groups in total. The quantitative estimate of drug-likeness (QED) is 0.755. The molecule has 22 heavy (non-hydrogen) atoms. The zero-order valence-corrected chi connectivity index (χ0v) is 11.7. The summed E-state index contributed by atoms with van der Waals surface area (Å²) in [6, 6.07) is 10.4. The van der Waals surface area contributed by atoms with Gasteiger partial charge in [-0.25, -0.2) is 14.2 Å². The van der Waals surface area contributed by atoms with Gasteiger partial charge in [-0.1, -0.05) is 12.1 Å². The number of fused-ring (bicyclic) bond motifs is 1. The Bertz CT molecular complexity index is 906. The van der Waals surface area contributed by atoms with Crippen LogP contribution >= 0.6 is 0 Å². The second-order valence-electron chi connectivity index (χ2n) is 4.94. The van der Waals surface area contributed by atoms with Crippen LogP contribution in [-0.4, -0.2) is 21.2 Å². The number of aromatic hydroxyl groups is 1. The third kappa shape index (κ3) is 2.16. The molecule has 0 radical (unpaired) electrons. The Balaban J connectivity index is 2.43. The minimum atomic E-state index is -1.16. The number of halogens is 1. The van der Waals surface area contributed by atoms with Crippen molar-refractivity contribution < 1.29 is 19.4 Å². The Kier molecular flexibility index (Phi) is 3.25. The number of benzene rings is 2. The molecule has 0 atom stereocenters. The van der Waals surface area contributed by atoms with Crippen LogP contribution < -0.4 is 0 Å². The number of phenols is 1. The Hall–Kier alpha value is -2.95. The van der Waals surface area contributed by atoms with Crippen LogP contribution in [0.2, 0.25) is 0 Å². The summed E-state index contributed by atoms with van der Waals surface area (Å²) in [6.07, 6.45) is 0. The maximum Gasteiger partial charge on any atom is 0.336 e. The fraction of sp³-hybridized carbons (Fsp3) is 0.0588. The van der Waals surface area contributed by atoms with Crippen molar-refractivity contribution >= 4 is 16.9 Å². The normalized spacial score (nSPS) is 10.8. The van der Waals surface area contributed by atoms with E-state index >= 15 is 0 Å². The summed E-state index contributed by atoms with van der Waals surface area (Å²) < 4.78 is 13.4. The summed E-state index contributed by atoms with van der Waals surface area (Å²) in [7, 11) is 0. The van der Waals surface area contributed by atoms with Crippen molar-refractivity contribution in [3.8, 4) is 17.0 Å². The first-order valence-electron chi connectivity index (χ1n) is 6.60. The number of phenolic OH excluding ortho intramolecular Hbond substituents is 1. The maximum atomic E-state index is 13.4. The van der Waals surface area contributed by atoms with Gasteiger partial charge in [0.25, 0.3) is 0 Å². The second kappa shape index (κ2) is 5.11. The van der Waals surface area contributed by atoms with E-state index in [1.807, 2.05) is 0 Å². The van der Waals surface area contributed by atoms with Gasteiger partial charge >= 0.3 is 5.97 Å². The van der Waals surface area contributed by atoms with E-state index in [-0.39, 0.29) is 16.7 Å². The summed E-state index contributed by atoms with van der Waals surface area (Å²) in [5.74, 6) is -1.67. The molecule has 0 fully saturated rings. The monoisotopic (exact) mass is 297 g/mol. The minimum Gasteiger partial charge on any atom is -0.507 e. The van der Waals surface area contributed by atoms with E-state index in [2.05, 4.69) is 4.98 Å². The standard InChI is InChI=1S/C17H12FNO3/c1-9-15(17(21)22)12-8-10(18)6-7-13(12)19-16(9)11-4-2-3-5-14(11)20/h2-8,20H,1H3,(H,21,22). The van der Waals surface area contributed by atoms with E-state index in [4.69, 9.17) is 0 Å². The number of hydrogen-bond donors (Lipinski definition) is 2. The van der Waals surface area contributed by atoms with Gasteiger partial charge in [-0.05, 0) is 42.8 Å². The zero-order valence-electron chi connectivity index (χ0n) is 11.7. The fourth-order valence-corrected chi connectivity index (χ4v) is 2.54. The van der Waals surface area contributed by atoms with Crippen molar-refractivity contribution in [3.63, 3.8) is 0 Å². The lowest BCUT2D eigenvalue weighted by Gasteiger charge is -2.13. The molecule has 0 bridgehead atoms. The third-order valence-corrected chi connectivity index (χ3v) is 3.56. The molecule has 5 heteroatoms. The third-order valence-electron chi connectivity index (χ3n) is 3.56. The van der Waals surface area contributed by atoms with Crippen LogP contribution in [0, 0.1) is 12.7 Å². The molecule has 0 amide bonds. The van der Waals surface area contributed by atoms with E-state index in [9.17, 15) is 19.4 Å². The first kappa shape index (κ1) is 14.0. The average molecular weight is 297 g/mol. The van der Waals surface area contributed by atoms with Crippen LogP contribution in [0.5, 0.6) is 5.75 Å². The molecule has 4 nitrogen and oxygen atoms in total. The number of pyridine rings is 1. The number of carboxylic acid groups (broad SMARTS) is 1. The Morgan fingerprint density at radius 2 is 1.91 bits per heavy atom. The SMILES string of the molecule is Cc1c(-c2ccccc2O)nc2ccc(F)cc2c1C(=O)O. The van der Waals surface area contributed by atoms with Gasteiger partial charge in [-0.2, -0.15) is 0 Å². The van der Waals surface area contributed by atoms with Crippen LogP contribution in [0.15, 0.2) is 42.5 Å². The van der Waals surface area contributed by atoms with Crippen molar-refractivity contribution in [2.24, 2.45) is 0 Å². The molecule has 0 spiro atoms. The summed E-state index contributed by atoms with van der Waals surface area (Å²) in [6.45, 7) is 1.60. The van der Waals surface area contributed by atoms with Gasteiger partial charge in [0, 0.05) is 10.9 Å². The predicted molar refractivity (Wildman–Crippen MR) is 80.5 cm³/mol. The lowest BCUT2D eigenvalue weighted by molar-refractivity contribution is 0.0698. The first-order valence-corrected chi connectivity index (χ1v) is 6.60. The van der Waals surface area contributed by atoms with Crippen molar-refractivity contribution in [2.45, 2.75) is 6.92 Å². The number of para-hydroxylation sites is 1. The summed E-state index contributed by atoms with van der Waals surface area (Å²) in [5.41, 5.74) is 1.54. The van der Waals surface area contributed by atoms with Crippen LogP contribution in [-0.2, 0) is 0 Å².